The van der Waals surface area contributed by atoms with Gasteiger partial charge in [-0.2, -0.15) is 5.26 Å². The van der Waals surface area contributed by atoms with E-state index in [-0.39, 0.29) is 17.3 Å². The Bertz CT molecular complexity index is 1060. The van der Waals surface area contributed by atoms with E-state index in [0.717, 1.165) is 31.9 Å². The minimum atomic E-state index is -0.258. The van der Waals surface area contributed by atoms with Crippen LogP contribution in [0, 0.1) is 31.0 Å². The highest BCUT2D eigenvalue weighted by atomic mass is 19.1. The highest BCUT2D eigenvalue weighted by Gasteiger charge is 2.25. The van der Waals surface area contributed by atoms with Crippen molar-refractivity contribution in [2.24, 2.45) is 0 Å². The summed E-state index contributed by atoms with van der Waals surface area (Å²) >= 11 is 0. The maximum absolute atomic E-state index is 13.2. The molecule has 0 atom stereocenters. The van der Waals surface area contributed by atoms with Crippen molar-refractivity contribution in [3.8, 4) is 6.07 Å². The Balaban J connectivity index is 1.33. The largest absolute Gasteiger partial charge is 0.373 e. The third kappa shape index (κ3) is 5.11. The number of nitrogens with zero attached hydrogens (tertiary/aromatic N) is 5. The number of rotatable bonds is 4. The predicted octanol–water partition coefficient (Wildman–Crippen LogP) is 3.32. The molecule has 1 amide bonds. The fourth-order valence-corrected chi connectivity index (χ4v) is 4.47. The van der Waals surface area contributed by atoms with Gasteiger partial charge in [0.1, 0.15) is 17.5 Å². The van der Waals surface area contributed by atoms with Crippen LogP contribution in [0.2, 0.25) is 0 Å². The van der Waals surface area contributed by atoms with E-state index < -0.39 is 0 Å². The number of hydrogen-bond donors (Lipinski definition) is 0. The number of carbonyl (C=O) groups is 1. The first-order valence-corrected chi connectivity index (χ1v) is 11.4. The van der Waals surface area contributed by atoms with Gasteiger partial charge in [0.2, 0.25) is 0 Å². The van der Waals surface area contributed by atoms with Gasteiger partial charge in [-0.25, -0.2) is 4.39 Å². The minimum absolute atomic E-state index is 0.186. The molecule has 4 rings (SSSR count). The number of hydrogen-bond acceptors (Lipinski definition) is 5. The van der Waals surface area contributed by atoms with Gasteiger partial charge in [0.05, 0.1) is 0 Å². The molecule has 172 valence electrons. The van der Waals surface area contributed by atoms with Gasteiger partial charge in [0.25, 0.3) is 5.91 Å². The zero-order valence-electron chi connectivity index (χ0n) is 19.3. The molecule has 0 aliphatic carbocycles. The number of halogens is 1. The Kier molecular flexibility index (Phi) is 6.83. The smallest absolute Gasteiger partial charge is 0.266 e. The Morgan fingerprint density at radius 2 is 1.55 bits per heavy atom. The van der Waals surface area contributed by atoms with Crippen LogP contribution < -0.4 is 9.80 Å². The van der Waals surface area contributed by atoms with Crippen LogP contribution in [0.1, 0.15) is 11.1 Å². The molecule has 0 spiro atoms. The second kappa shape index (κ2) is 9.95. The van der Waals surface area contributed by atoms with Gasteiger partial charge in [-0.15, -0.1) is 0 Å². The molecule has 2 aliphatic heterocycles. The molecule has 2 aliphatic rings. The van der Waals surface area contributed by atoms with Gasteiger partial charge < -0.3 is 19.6 Å². The van der Waals surface area contributed by atoms with E-state index in [1.54, 1.807) is 23.2 Å². The van der Waals surface area contributed by atoms with Gasteiger partial charge >= 0.3 is 0 Å². The van der Waals surface area contributed by atoms with E-state index in [4.69, 9.17) is 0 Å². The quantitative estimate of drug-likeness (QED) is 0.532. The lowest BCUT2D eigenvalue weighted by atomic mass is 10.1. The lowest BCUT2D eigenvalue weighted by Gasteiger charge is -2.37. The summed E-state index contributed by atoms with van der Waals surface area (Å²) in [6, 6.07) is 14.9. The summed E-state index contributed by atoms with van der Waals surface area (Å²) < 4.78 is 13.2. The van der Waals surface area contributed by atoms with Crippen LogP contribution in [0.3, 0.4) is 0 Å². The lowest BCUT2D eigenvalue weighted by Crippen LogP contribution is -2.49. The van der Waals surface area contributed by atoms with Crippen LogP contribution >= 0.6 is 0 Å². The van der Waals surface area contributed by atoms with Crippen LogP contribution in [0.5, 0.6) is 0 Å². The highest BCUT2D eigenvalue weighted by Crippen LogP contribution is 2.24. The van der Waals surface area contributed by atoms with Crippen molar-refractivity contribution < 1.29 is 9.18 Å². The molecule has 2 aromatic carbocycles. The summed E-state index contributed by atoms with van der Waals surface area (Å²) in [6.45, 7) is 9.91. The van der Waals surface area contributed by atoms with E-state index >= 15 is 0 Å². The molecule has 7 heteroatoms. The summed E-state index contributed by atoms with van der Waals surface area (Å²) in [4.78, 5) is 21.3. The Morgan fingerprint density at radius 3 is 2.18 bits per heavy atom. The van der Waals surface area contributed by atoms with Crippen molar-refractivity contribution in [3.05, 3.63) is 71.2 Å². The molecular formula is C26H30FN5O. The molecule has 0 unspecified atom stereocenters. The van der Waals surface area contributed by atoms with Crippen LogP contribution in [0.15, 0.2) is 54.2 Å². The van der Waals surface area contributed by atoms with E-state index in [1.165, 1.54) is 28.9 Å². The first-order chi connectivity index (χ1) is 16.0. The van der Waals surface area contributed by atoms with Crippen molar-refractivity contribution in [3.63, 3.8) is 0 Å². The molecule has 0 aromatic heterocycles. The first kappa shape index (κ1) is 22.7. The van der Waals surface area contributed by atoms with Crippen molar-refractivity contribution in [1.29, 1.82) is 5.26 Å². The zero-order valence-corrected chi connectivity index (χ0v) is 19.3. The summed E-state index contributed by atoms with van der Waals surface area (Å²) in [5, 5.41) is 9.66. The Morgan fingerprint density at radius 1 is 0.909 bits per heavy atom. The molecule has 6 nitrogen and oxygen atoms in total. The number of nitriles is 1. The molecule has 0 N–H and O–H groups in total. The number of piperazine rings is 2. The van der Waals surface area contributed by atoms with E-state index in [0.29, 0.717) is 26.2 Å². The van der Waals surface area contributed by atoms with Gasteiger partial charge in [0.15, 0.2) is 0 Å². The average Bonchev–Trinajstić information content (AvgIpc) is 2.85. The topological polar surface area (TPSA) is 53.8 Å². The third-order valence-electron chi connectivity index (χ3n) is 6.65. The molecule has 2 fully saturated rings. The fraction of sp³-hybridized carbons (Fsp3) is 0.385. The summed E-state index contributed by atoms with van der Waals surface area (Å²) in [6.07, 6.45) is 1.73. The highest BCUT2D eigenvalue weighted by molar-refractivity contribution is 5.97. The lowest BCUT2D eigenvalue weighted by molar-refractivity contribution is -0.127. The summed E-state index contributed by atoms with van der Waals surface area (Å²) in [5.41, 5.74) is 4.97. The second-order valence-corrected chi connectivity index (χ2v) is 8.65. The first-order valence-electron chi connectivity index (χ1n) is 11.4. The van der Waals surface area contributed by atoms with Gasteiger partial charge in [-0.1, -0.05) is 12.1 Å². The van der Waals surface area contributed by atoms with Crippen molar-refractivity contribution >= 4 is 17.3 Å². The van der Waals surface area contributed by atoms with Crippen LogP contribution in [-0.4, -0.2) is 68.1 Å². The van der Waals surface area contributed by atoms with Gasteiger partial charge in [-0.05, 0) is 55.3 Å². The van der Waals surface area contributed by atoms with E-state index in [1.807, 2.05) is 0 Å². The normalized spacial score (nSPS) is 17.2. The fourth-order valence-electron chi connectivity index (χ4n) is 4.47. The van der Waals surface area contributed by atoms with Crippen molar-refractivity contribution in [2.45, 2.75) is 13.8 Å². The Hall–Kier alpha value is -3.53. The monoisotopic (exact) mass is 447 g/mol. The predicted molar refractivity (Wildman–Crippen MR) is 129 cm³/mol. The molecule has 0 bridgehead atoms. The molecular weight excluding hydrogens is 417 g/mol. The number of aryl methyl sites for hydroxylation is 1. The molecule has 2 aromatic rings. The number of anilines is 2. The molecule has 2 heterocycles. The van der Waals surface area contributed by atoms with E-state index in [2.05, 4.69) is 52.8 Å². The molecule has 0 radical (unpaired) electrons. The van der Waals surface area contributed by atoms with Crippen molar-refractivity contribution in [1.82, 2.24) is 9.80 Å². The Labute approximate surface area is 195 Å². The maximum atomic E-state index is 13.2. The van der Waals surface area contributed by atoms with Gasteiger partial charge in [-0.3, -0.25) is 4.79 Å². The van der Waals surface area contributed by atoms with Crippen LogP contribution in [0.25, 0.3) is 0 Å². The number of benzene rings is 2. The van der Waals surface area contributed by atoms with Gasteiger partial charge in [0, 0.05) is 69.9 Å². The van der Waals surface area contributed by atoms with E-state index in [9.17, 15) is 14.4 Å². The molecule has 0 saturated carbocycles. The second-order valence-electron chi connectivity index (χ2n) is 8.65. The summed E-state index contributed by atoms with van der Waals surface area (Å²) in [7, 11) is 0. The average molecular weight is 448 g/mol. The maximum Gasteiger partial charge on any atom is 0.266 e. The number of carbonyl (C=O) groups excluding carboxylic acids is 1. The molecule has 33 heavy (non-hydrogen) atoms. The zero-order chi connectivity index (χ0) is 23.4. The van der Waals surface area contributed by atoms with Crippen LogP contribution in [0.4, 0.5) is 15.8 Å². The summed E-state index contributed by atoms with van der Waals surface area (Å²) in [5.74, 6) is -0.473. The minimum Gasteiger partial charge on any atom is -0.373 e. The van der Waals surface area contributed by atoms with Crippen molar-refractivity contribution in [2.75, 3.05) is 62.2 Å². The number of amides is 1. The third-order valence-corrected chi connectivity index (χ3v) is 6.65. The standard InChI is InChI=1S/C26H30FN5O/c1-20-4-3-5-25(21(20)2)31-12-10-29(11-13-31)19-22(18-28)26(33)32-16-14-30(15-17-32)24-8-6-23(27)7-9-24/h3-9,19H,10-17H2,1-2H3/b22-19-. The SMILES string of the molecule is Cc1cccc(N2CCN(/C=C(/C#N)C(=O)N3CCN(c4ccc(F)cc4)CC3)CC2)c1C. The van der Waals surface area contributed by atoms with Crippen LogP contribution in [-0.2, 0) is 4.79 Å². The molecule has 2 saturated heterocycles.